The Kier molecular flexibility index (Phi) is 6.80. The fourth-order valence-electron chi connectivity index (χ4n) is 3.48. The quantitative estimate of drug-likeness (QED) is 0.600. The number of thioether (sulfide) groups is 1. The zero-order valence-corrected chi connectivity index (χ0v) is 17.7. The smallest absolute Gasteiger partial charge is 0.161 e. The minimum atomic E-state index is -1.30. The Hall–Kier alpha value is -2.53. The Morgan fingerprint density at radius 2 is 1.31 bits per heavy atom. The van der Waals surface area contributed by atoms with Crippen LogP contribution in [0.15, 0.2) is 108 Å². The van der Waals surface area contributed by atoms with Gasteiger partial charge in [0.25, 0.3) is 0 Å². The standard InChI is InChI=1S/C24H22N2OS.ClH/c1-28-23-25-21(18-11-5-2-6-12-18)17-22(26-23)24(27,19-13-7-3-8-14-19)20-15-9-4-10-16-20;/h2-17,21,27H,1H3,(H,25,26);1H. The summed E-state index contributed by atoms with van der Waals surface area (Å²) in [6.07, 6.45) is 4.01. The summed E-state index contributed by atoms with van der Waals surface area (Å²) in [5.41, 5.74) is 2.14. The Bertz CT molecular complexity index is 952. The molecule has 0 saturated carbocycles. The highest BCUT2D eigenvalue weighted by atomic mass is 35.5. The number of hydrogen-bond acceptors (Lipinski definition) is 4. The monoisotopic (exact) mass is 422 g/mol. The van der Waals surface area contributed by atoms with Gasteiger partial charge in [0.15, 0.2) is 10.8 Å². The summed E-state index contributed by atoms with van der Waals surface area (Å²) in [4.78, 5) is 4.80. The molecule has 3 nitrogen and oxygen atoms in total. The number of nitrogens with one attached hydrogen (secondary N) is 1. The first-order valence-electron chi connectivity index (χ1n) is 9.21. The molecule has 5 heteroatoms. The lowest BCUT2D eigenvalue weighted by Gasteiger charge is -2.35. The molecule has 0 bridgehead atoms. The number of aliphatic imine (C=N–C) groups is 1. The molecule has 0 fully saturated rings. The molecular formula is C24H23ClN2OS. The predicted molar refractivity (Wildman–Crippen MR) is 124 cm³/mol. The highest BCUT2D eigenvalue weighted by Crippen LogP contribution is 2.39. The Balaban J connectivity index is 0.00000240. The van der Waals surface area contributed by atoms with Gasteiger partial charge in [-0.05, 0) is 29.0 Å². The van der Waals surface area contributed by atoms with Gasteiger partial charge in [0.05, 0.1) is 11.7 Å². The summed E-state index contributed by atoms with van der Waals surface area (Å²) in [5, 5.41) is 16.2. The van der Waals surface area contributed by atoms with Crippen LogP contribution in [0.1, 0.15) is 22.7 Å². The van der Waals surface area contributed by atoms with Crippen molar-refractivity contribution in [1.82, 2.24) is 5.32 Å². The van der Waals surface area contributed by atoms with Crippen LogP contribution in [-0.4, -0.2) is 16.5 Å². The summed E-state index contributed by atoms with van der Waals surface area (Å²) in [7, 11) is 0. The summed E-state index contributed by atoms with van der Waals surface area (Å²) in [5.74, 6) is 0. The van der Waals surface area contributed by atoms with Crippen LogP contribution in [0.2, 0.25) is 0 Å². The lowest BCUT2D eigenvalue weighted by atomic mass is 9.82. The number of hydrogen-bond donors (Lipinski definition) is 2. The van der Waals surface area contributed by atoms with Gasteiger partial charge in [-0.2, -0.15) is 0 Å². The molecule has 0 aromatic heterocycles. The molecule has 1 aliphatic rings. The summed E-state index contributed by atoms with van der Waals surface area (Å²) in [6, 6.07) is 29.5. The van der Waals surface area contributed by atoms with Crippen molar-refractivity contribution in [1.29, 1.82) is 0 Å². The van der Waals surface area contributed by atoms with Gasteiger partial charge in [-0.3, -0.25) is 0 Å². The number of amidine groups is 1. The zero-order valence-electron chi connectivity index (χ0n) is 16.0. The average molecular weight is 423 g/mol. The van der Waals surface area contributed by atoms with Gasteiger partial charge >= 0.3 is 0 Å². The van der Waals surface area contributed by atoms with E-state index in [2.05, 4.69) is 17.4 Å². The lowest BCUT2D eigenvalue weighted by Crippen LogP contribution is -2.40. The van der Waals surface area contributed by atoms with Crippen LogP contribution in [0.5, 0.6) is 0 Å². The van der Waals surface area contributed by atoms with Gasteiger partial charge < -0.3 is 10.4 Å². The summed E-state index contributed by atoms with van der Waals surface area (Å²) >= 11 is 1.54. The van der Waals surface area contributed by atoms with E-state index in [1.54, 1.807) is 11.8 Å². The Labute approximate surface area is 182 Å². The van der Waals surface area contributed by atoms with Gasteiger partial charge in [0.1, 0.15) is 0 Å². The Morgan fingerprint density at radius 3 is 1.79 bits per heavy atom. The molecule has 0 spiro atoms. The minimum absolute atomic E-state index is 0. The fraction of sp³-hybridized carbons (Fsp3) is 0.125. The molecule has 0 aliphatic carbocycles. The van der Waals surface area contributed by atoms with Crippen molar-refractivity contribution in [2.45, 2.75) is 11.6 Å². The third-order valence-electron chi connectivity index (χ3n) is 4.93. The largest absolute Gasteiger partial charge is 0.375 e. The van der Waals surface area contributed by atoms with E-state index in [0.29, 0.717) is 0 Å². The van der Waals surface area contributed by atoms with Crippen molar-refractivity contribution in [3.8, 4) is 0 Å². The predicted octanol–water partition coefficient (Wildman–Crippen LogP) is 5.29. The first-order chi connectivity index (χ1) is 13.7. The molecule has 0 saturated heterocycles. The normalized spacial score (nSPS) is 16.1. The molecule has 2 N–H and O–H groups in total. The molecule has 148 valence electrons. The van der Waals surface area contributed by atoms with Crippen LogP contribution in [0.4, 0.5) is 0 Å². The van der Waals surface area contributed by atoms with E-state index in [4.69, 9.17) is 4.99 Å². The van der Waals surface area contributed by atoms with Crippen LogP contribution in [0, 0.1) is 0 Å². The van der Waals surface area contributed by atoms with E-state index in [0.717, 1.165) is 27.6 Å². The number of rotatable bonds is 4. The highest BCUT2D eigenvalue weighted by Gasteiger charge is 2.38. The van der Waals surface area contributed by atoms with Gasteiger partial charge in [-0.1, -0.05) is 103 Å². The molecule has 1 atom stereocenters. The van der Waals surface area contributed by atoms with Crippen LogP contribution in [0.3, 0.4) is 0 Å². The van der Waals surface area contributed by atoms with Crippen LogP contribution < -0.4 is 5.32 Å². The molecular weight excluding hydrogens is 400 g/mol. The fourth-order valence-corrected chi connectivity index (χ4v) is 3.91. The molecule has 4 rings (SSSR count). The van der Waals surface area contributed by atoms with E-state index >= 15 is 0 Å². The molecule has 1 heterocycles. The average Bonchev–Trinajstić information content (AvgIpc) is 2.80. The summed E-state index contributed by atoms with van der Waals surface area (Å²) < 4.78 is 0. The third-order valence-corrected chi connectivity index (χ3v) is 5.52. The van der Waals surface area contributed by atoms with Crippen molar-refractivity contribution >= 4 is 29.3 Å². The van der Waals surface area contributed by atoms with Gasteiger partial charge in [-0.25, -0.2) is 4.99 Å². The van der Waals surface area contributed by atoms with E-state index in [-0.39, 0.29) is 18.4 Å². The molecule has 3 aromatic carbocycles. The maximum absolute atomic E-state index is 12.1. The molecule has 1 unspecified atom stereocenters. The second-order valence-corrected chi connectivity index (χ2v) is 7.44. The molecule has 29 heavy (non-hydrogen) atoms. The van der Waals surface area contributed by atoms with E-state index in [1.165, 1.54) is 0 Å². The van der Waals surface area contributed by atoms with Crippen molar-refractivity contribution in [3.05, 3.63) is 119 Å². The zero-order chi connectivity index (χ0) is 19.4. The SMILES string of the molecule is CSC1=NC(c2ccccc2)C=C(C(O)(c2ccccc2)c2ccccc2)N1.Cl. The van der Waals surface area contributed by atoms with E-state index < -0.39 is 5.60 Å². The molecule has 0 amide bonds. The maximum atomic E-state index is 12.1. The maximum Gasteiger partial charge on any atom is 0.161 e. The number of nitrogens with zero attached hydrogens (tertiary/aromatic N) is 1. The van der Waals surface area contributed by atoms with Gasteiger partial charge in [-0.15, -0.1) is 12.4 Å². The van der Waals surface area contributed by atoms with Crippen molar-refractivity contribution in [2.75, 3.05) is 6.26 Å². The van der Waals surface area contributed by atoms with E-state index in [1.807, 2.05) is 91.2 Å². The van der Waals surface area contributed by atoms with Crippen molar-refractivity contribution < 1.29 is 5.11 Å². The number of halogens is 1. The minimum Gasteiger partial charge on any atom is -0.375 e. The molecule has 3 aromatic rings. The van der Waals surface area contributed by atoms with Crippen LogP contribution in [0.25, 0.3) is 0 Å². The van der Waals surface area contributed by atoms with Gasteiger partial charge in [0, 0.05) is 0 Å². The Morgan fingerprint density at radius 1 is 0.828 bits per heavy atom. The second kappa shape index (κ2) is 9.31. The lowest BCUT2D eigenvalue weighted by molar-refractivity contribution is 0.115. The number of aliphatic hydroxyl groups is 1. The van der Waals surface area contributed by atoms with E-state index in [9.17, 15) is 5.11 Å². The first-order valence-corrected chi connectivity index (χ1v) is 10.4. The highest BCUT2D eigenvalue weighted by molar-refractivity contribution is 8.13. The first kappa shape index (κ1) is 21.2. The van der Waals surface area contributed by atoms with Crippen LogP contribution >= 0.6 is 24.2 Å². The molecule has 1 aliphatic heterocycles. The van der Waals surface area contributed by atoms with Crippen LogP contribution in [-0.2, 0) is 5.60 Å². The topological polar surface area (TPSA) is 44.6 Å². The van der Waals surface area contributed by atoms with Crippen molar-refractivity contribution in [3.63, 3.8) is 0 Å². The van der Waals surface area contributed by atoms with Crippen molar-refractivity contribution in [2.24, 2.45) is 4.99 Å². The molecule has 0 radical (unpaired) electrons. The van der Waals surface area contributed by atoms with Gasteiger partial charge in [0.2, 0.25) is 0 Å². The second-order valence-electron chi connectivity index (χ2n) is 6.64. The number of benzene rings is 3. The third kappa shape index (κ3) is 4.25. The summed E-state index contributed by atoms with van der Waals surface area (Å²) in [6.45, 7) is 0.